The maximum absolute atomic E-state index is 12.9. The number of rotatable bonds is 73. The number of likely N-dealkylation sites (N-methyl/N-ethyl adjacent to an activating group) is 1. The molecule has 0 heterocycles. The number of ether oxygens (including phenoxy) is 2. The van der Waals surface area contributed by atoms with Crippen molar-refractivity contribution >= 4 is 19.8 Å². The van der Waals surface area contributed by atoms with E-state index >= 15 is 0 Å². The van der Waals surface area contributed by atoms with Gasteiger partial charge in [0.05, 0.1) is 27.7 Å². The largest absolute Gasteiger partial charge is 0.472 e. The van der Waals surface area contributed by atoms with Crippen LogP contribution in [0.1, 0.15) is 386 Å². The van der Waals surface area contributed by atoms with Crippen LogP contribution in [0.25, 0.3) is 0 Å². The Labute approximate surface area is 559 Å². The molecule has 0 fully saturated rings. The lowest BCUT2D eigenvalue weighted by molar-refractivity contribution is -0.870. The van der Waals surface area contributed by atoms with Gasteiger partial charge in [-0.3, -0.25) is 18.6 Å². The maximum atomic E-state index is 12.9. The van der Waals surface area contributed by atoms with Gasteiger partial charge in [0.2, 0.25) is 0 Å². The van der Waals surface area contributed by atoms with Crippen LogP contribution in [-0.4, -0.2) is 74.9 Å². The van der Waals surface area contributed by atoms with Crippen molar-refractivity contribution in [3.63, 3.8) is 0 Å². The molecule has 0 spiro atoms. The molecular weight excluding hydrogens is 1130 g/mol. The fourth-order valence-electron chi connectivity index (χ4n) is 11.6. The SMILES string of the molecule is CC/C=C\C/C=C\C/C=C\C/C=C\C/C=C\CCCCCCCCCCCCCCCCCCCCCCCCCCCC(=O)OC(COC(=O)CCCCCCCCCCCCCCCCCCCCCCCCCCC)COP(=O)(O)OCC[N+](C)(C)C. The minimum Gasteiger partial charge on any atom is -0.462 e. The molecule has 0 aliphatic carbocycles. The van der Waals surface area contributed by atoms with Gasteiger partial charge in [-0.1, -0.05) is 376 Å². The fourth-order valence-corrected chi connectivity index (χ4v) is 12.4. The van der Waals surface area contributed by atoms with E-state index in [2.05, 4.69) is 74.6 Å². The zero-order valence-corrected chi connectivity index (χ0v) is 61.3. The van der Waals surface area contributed by atoms with Crippen LogP contribution in [0.5, 0.6) is 0 Å². The lowest BCUT2D eigenvalue weighted by Gasteiger charge is -2.24. The molecule has 0 amide bonds. The van der Waals surface area contributed by atoms with Crippen LogP contribution in [0.15, 0.2) is 60.8 Å². The van der Waals surface area contributed by atoms with E-state index in [0.717, 1.165) is 64.2 Å². The molecule has 2 atom stereocenters. The van der Waals surface area contributed by atoms with Crippen molar-refractivity contribution in [3.05, 3.63) is 60.8 Å². The molecule has 0 saturated heterocycles. The van der Waals surface area contributed by atoms with Crippen LogP contribution >= 0.6 is 7.82 Å². The number of esters is 2. The van der Waals surface area contributed by atoms with Gasteiger partial charge in [-0.15, -0.1) is 0 Å². The monoisotopic (exact) mass is 1290 g/mol. The van der Waals surface area contributed by atoms with E-state index in [9.17, 15) is 19.0 Å². The van der Waals surface area contributed by atoms with Gasteiger partial charge in [0.25, 0.3) is 0 Å². The van der Waals surface area contributed by atoms with Crippen LogP contribution in [0.3, 0.4) is 0 Å². The van der Waals surface area contributed by atoms with Crippen molar-refractivity contribution in [3.8, 4) is 0 Å². The Morgan fingerprint density at radius 2 is 0.633 bits per heavy atom. The number of quaternary nitrogens is 1. The van der Waals surface area contributed by atoms with Gasteiger partial charge >= 0.3 is 19.8 Å². The zero-order chi connectivity index (χ0) is 65.5. The van der Waals surface area contributed by atoms with Crippen LogP contribution in [0.4, 0.5) is 0 Å². The molecule has 1 N–H and O–H groups in total. The first-order valence-corrected chi connectivity index (χ1v) is 40.5. The Hall–Kier alpha value is -2.29. The standard InChI is InChI=1S/C80H150NO8P/c1-6-8-10-12-14-16-18-20-22-24-26-28-30-32-33-34-35-36-37-38-39-40-41-42-43-44-45-46-47-49-51-53-55-57-59-61-63-65-67-69-71-73-80(83)89-78(77-88-90(84,85)87-75-74-81(3,4)5)76-86-79(82)72-70-68-66-64-62-60-58-56-54-52-50-48-31-29-27-25-23-21-19-17-15-13-11-9-7-2/h8,10,14,16,20,22,26,28,32-33,78H,6-7,9,11-13,15,17-19,21,23-25,27,29-31,34-77H2,1-5H3/p+1/b10-8-,16-14-,22-20-,28-26-,33-32-. The van der Waals surface area contributed by atoms with Gasteiger partial charge < -0.3 is 18.9 Å². The summed E-state index contributed by atoms with van der Waals surface area (Å²) in [4.78, 5) is 35.9. The molecule has 0 aliphatic heterocycles. The molecule has 0 aromatic heterocycles. The van der Waals surface area contributed by atoms with E-state index in [4.69, 9.17) is 18.5 Å². The van der Waals surface area contributed by atoms with Gasteiger partial charge in [0.15, 0.2) is 6.10 Å². The predicted molar refractivity (Wildman–Crippen MR) is 390 cm³/mol. The molecule has 10 heteroatoms. The third-order valence-corrected chi connectivity index (χ3v) is 18.5. The summed E-state index contributed by atoms with van der Waals surface area (Å²) in [6, 6.07) is 0. The van der Waals surface area contributed by atoms with Gasteiger partial charge in [0, 0.05) is 12.8 Å². The van der Waals surface area contributed by atoms with E-state index in [1.165, 1.54) is 289 Å². The third-order valence-electron chi connectivity index (χ3n) is 17.6. The average Bonchev–Trinajstić information content (AvgIpc) is 3.62. The second-order valence-corrected chi connectivity index (χ2v) is 29.2. The smallest absolute Gasteiger partial charge is 0.462 e. The van der Waals surface area contributed by atoms with Gasteiger partial charge in [-0.05, 0) is 57.8 Å². The maximum Gasteiger partial charge on any atom is 0.472 e. The molecule has 0 rings (SSSR count). The number of nitrogens with zero attached hydrogens (tertiary/aromatic N) is 1. The number of carbonyl (C=O) groups excluding carboxylic acids is 2. The molecule has 0 radical (unpaired) electrons. The zero-order valence-electron chi connectivity index (χ0n) is 60.4. The van der Waals surface area contributed by atoms with E-state index in [1.807, 2.05) is 21.1 Å². The van der Waals surface area contributed by atoms with E-state index in [0.29, 0.717) is 23.9 Å². The topological polar surface area (TPSA) is 108 Å². The average molecular weight is 1290 g/mol. The summed E-state index contributed by atoms with van der Waals surface area (Å²) in [5.41, 5.74) is 0. The minimum absolute atomic E-state index is 0.0350. The van der Waals surface area contributed by atoms with Crippen LogP contribution in [0, 0.1) is 0 Å². The fraction of sp³-hybridized carbons (Fsp3) is 0.850. The van der Waals surface area contributed by atoms with E-state index in [1.54, 1.807) is 0 Å². The number of unbranched alkanes of at least 4 members (excludes halogenated alkanes) is 49. The Balaban J connectivity index is 3.89. The summed E-state index contributed by atoms with van der Waals surface area (Å²) >= 11 is 0. The van der Waals surface area contributed by atoms with Crippen molar-refractivity contribution < 1.29 is 42.1 Å². The van der Waals surface area contributed by atoms with Crippen molar-refractivity contribution in [1.82, 2.24) is 0 Å². The molecule has 9 nitrogen and oxygen atoms in total. The number of phosphoric ester groups is 1. The molecule has 0 aliphatic rings. The molecule has 0 aromatic rings. The number of allylic oxidation sites excluding steroid dienone is 10. The molecule has 0 saturated carbocycles. The summed E-state index contributed by atoms with van der Waals surface area (Å²) < 4.78 is 34.8. The van der Waals surface area contributed by atoms with Crippen molar-refractivity contribution in [2.45, 2.75) is 392 Å². The van der Waals surface area contributed by atoms with Gasteiger partial charge in [-0.2, -0.15) is 0 Å². The van der Waals surface area contributed by atoms with E-state index < -0.39 is 26.5 Å². The molecule has 0 bridgehead atoms. The first-order valence-electron chi connectivity index (χ1n) is 39.0. The number of phosphoric acid groups is 1. The highest BCUT2D eigenvalue weighted by atomic mass is 31.2. The molecule has 90 heavy (non-hydrogen) atoms. The quantitative estimate of drug-likeness (QED) is 0.0211. The third kappa shape index (κ3) is 74.7. The van der Waals surface area contributed by atoms with Gasteiger partial charge in [-0.25, -0.2) is 4.57 Å². The summed E-state index contributed by atoms with van der Waals surface area (Å²) in [5.74, 6) is -0.772. The molecule has 528 valence electrons. The highest BCUT2D eigenvalue weighted by Gasteiger charge is 2.27. The van der Waals surface area contributed by atoms with E-state index in [-0.39, 0.29) is 25.6 Å². The Bertz CT molecular complexity index is 1700. The normalized spacial score (nSPS) is 13.4. The highest BCUT2D eigenvalue weighted by Crippen LogP contribution is 2.43. The summed E-state index contributed by atoms with van der Waals surface area (Å²) in [6.45, 7) is 4.40. The first kappa shape index (κ1) is 87.7. The van der Waals surface area contributed by atoms with Crippen LogP contribution in [0.2, 0.25) is 0 Å². The van der Waals surface area contributed by atoms with Crippen molar-refractivity contribution in [2.75, 3.05) is 47.5 Å². The Morgan fingerprint density at radius 3 is 0.944 bits per heavy atom. The number of hydrogen-bond acceptors (Lipinski definition) is 7. The summed E-state index contributed by atoms with van der Waals surface area (Å²) in [7, 11) is 1.50. The molecule has 0 aromatic carbocycles. The Morgan fingerprint density at radius 1 is 0.356 bits per heavy atom. The van der Waals surface area contributed by atoms with Crippen LogP contribution < -0.4 is 0 Å². The lowest BCUT2D eigenvalue weighted by atomic mass is 10.0. The van der Waals surface area contributed by atoms with Crippen LogP contribution in [-0.2, 0) is 32.7 Å². The predicted octanol–water partition coefficient (Wildman–Crippen LogP) is 25.7. The van der Waals surface area contributed by atoms with Gasteiger partial charge in [0.1, 0.15) is 19.8 Å². The second-order valence-electron chi connectivity index (χ2n) is 27.7. The highest BCUT2D eigenvalue weighted by molar-refractivity contribution is 7.47. The van der Waals surface area contributed by atoms with Crippen molar-refractivity contribution in [1.29, 1.82) is 0 Å². The molecular formula is C80H151NO8P+. The summed E-state index contributed by atoms with van der Waals surface area (Å²) in [5, 5.41) is 0. The molecule has 2 unspecified atom stereocenters. The Kier molecular flexibility index (Phi) is 69.2. The number of hydrogen-bond donors (Lipinski definition) is 1. The van der Waals surface area contributed by atoms with Crippen molar-refractivity contribution in [2.24, 2.45) is 0 Å². The number of carbonyl (C=O) groups is 2. The first-order chi connectivity index (χ1) is 44.0. The lowest BCUT2D eigenvalue weighted by Crippen LogP contribution is -2.37. The second kappa shape index (κ2) is 71.0. The summed E-state index contributed by atoms with van der Waals surface area (Å²) in [6.07, 6.45) is 95.1. The minimum atomic E-state index is -4.39.